The molecule has 0 aliphatic carbocycles. The number of furan rings is 1. The molecule has 2 atom stereocenters. The lowest BCUT2D eigenvalue weighted by molar-refractivity contribution is 0.113. The second-order valence-electron chi connectivity index (χ2n) is 5.96. The number of hydrogen-bond acceptors (Lipinski definition) is 3. The van der Waals surface area contributed by atoms with Crippen LogP contribution in [0.1, 0.15) is 44.4 Å². The SMILES string of the molecule is CCCCc1oc2ccccc2c1CNC1CCOC1C. The summed E-state index contributed by atoms with van der Waals surface area (Å²) in [5.74, 6) is 1.15. The summed E-state index contributed by atoms with van der Waals surface area (Å²) in [4.78, 5) is 0. The molecule has 2 unspecified atom stereocenters. The van der Waals surface area contributed by atoms with Crippen molar-refractivity contribution in [3.05, 3.63) is 35.6 Å². The maximum Gasteiger partial charge on any atom is 0.134 e. The van der Waals surface area contributed by atoms with Gasteiger partial charge in [0, 0.05) is 36.6 Å². The van der Waals surface area contributed by atoms with Crippen LogP contribution in [-0.4, -0.2) is 18.8 Å². The molecule has 1 N–H and O–H groups in total. The van der Waals surface area contributed by atoms with Crippen molar-refractivity contribution in [2.45, 2.75) is 58.2 Å². The van der Waals surface area contributed by atoms with Crippen molar-refractivity contribution in [3.8, 4) is 0 Å². The van der Waals surface area contributed by atoms with Crippen molar-refractivity contribution in [3.63, 3.8) is 0 Å². The average molecular weight is 287 g/mol. The molecule has 0 amide bonds. The lowest BCUT2D eigenvalue weighted by Gasteiger charge is -2.16. The third-order valence-corrected chi connectivity index (χ3v) is 4.46. The highest BCUT2D eigenvalue weighted by Gasteiger charge is 2.24. The lowest BCUT2D eigenvalue weighted by Crippen LogP contribution is -2.34. The Balaban J connectivity index is 1.80. The molecule has 1 aliphatic heterocycles. The summed E-state index contributed by atoms with van der Waals surface area (Å²) < 4.78 is 11.7. The first-order valence-corrected chi connectivity index (χ1v) is 8.14. The molecular formula is C18H25NO2. The molecule has 0 saturated carbocycles. The zero-order chi connectivity index (χ0) is 14.7. The van der Waals surface area contributed by atoms with Gasteiger partial charge in [-0.1, -0.05) is 31.5 Å². The molecule has 0 radical (unpaired) electrons. The van der Waals surface area contributed by atoms with Crippen molar-refractivity contribution in [2.75, 3.05) is 6.61 Å². The van der Waals surface area contributed by atoms with E-state index in [-0.39, 0.29) is 0 Å². The van der Waals surface area contributed by atoms with E-state index in [0.29, 0.717) is 12.1 Å². The Morgan fingerprint density at radius 2 is 2.14 bits per heavy atom. The van der Waals surface area contributed by atoms with Gasteiger partial charge in [-0.2, -0.15) is 0 Å². The predicted octanol–water partition coefficient (Wildman–Crippen LogP) is 4.04. The number of benzene rings is 1. The van der Waals surface area contributed by atoms with Crippen LogP contribution in [-0.2, 0) is 17.7 Å². The van der Waals surface area contributed by atoms with Crippen LogP contribution in [0.4, 0.5) is 0 Å². The first-order chi connectivity index (χ1) is 10.3. The van der Waals surface area contributed by atoms with Crippen molar-refractivity contribution >= 4 is 11.0 Å². The van der Waals surface area contributed by atoms with E-state index in [1.807, 2.05) is 6.07 Å². The molecule has 3 rings (SSSR count). The number of unbranched alkanes of at least 4 members (excludes halogenated alkanes) is 1. The molecule has 1 aromatic carbocycles. The number of ether oxygens (including phenoxy) is 1. The zero-order valence-corrected chi connectivity index (χ0v) is 13.0. The summed E-state index contributed by atoms with van der Waals surface area (Å²) in [5.41, 5.74) is 2.34. The van der Waals surface area contributed by atoms with E-state index >= 15 is 0 Å². The Bertz CT molecular complexity index is 590. The fraction of sp³-hybridized carbons (Fsp3) is 0.556. The molecule has 114 valence electrons. The predicted molar refractivity (Wildman–Crippen MR) is 85.5 cm³/mol. The van der Waals surface area contributed by atoms with E-state index in [1.165, 1.54) is 23.8 Å². The van der Waals surface area contributed by atoms with Crippen LogP contribution in [0, 0.1) is 0 Å². The number of aryl methyl sites for hydroxylation is 1. The quantitative estimate of drug-likeness (QED) is 0.870. The summed E-state index contributed by atoms with van der Waals surface area (Å²) in [6.07, 6.45) is 4.80. The van der Waals surface area contributed by atoms with Gasteiger partial charge >= 0.3 is 0 Å². The van der Waals surface area contributed by atoms with Gasteiger partial charge in [0.25, 0.3) is 0 Å². The van der Waals surface area contributed by atoms with E-state index < -0.39 is 0 Å². The molecule has 1 saturated heterocycles. The second-order valence-corrected chi connectivity index (χ2v) is 5.96. The highest BCUT2D eigenvalue weighted by Crippen LogP contribution is 2.27. The third kappa shape index (κ3) is 3.14. The highest BCUT2D eigenvalue weighted by molar-refractivity contribution is 5.82. The van der Waals surface area contributed by atoms with Crippen molar-refractivity contribution < 1.29 is 9.15 Å². The Morgan fingerprint density at radius 3 is 2.90 bits per heavy atom. The molecule has 2 heterocycles. The minimum absolute atomic E-state index is 0.308. The normalized spacial score (nSPS) is 22.2. The number of hydrogen-bond donors (Lipinski definition) is 1. The molecular weight excluding hydrogens is 262 g/mol. The van der Waals surface area contributed by atoms with Crippen LogP contribution in [0.2, 0.25) is 0 Å². The van der Waals surface area contributed by atoms with Gasteiger partial charge in [0.05, 0.1) is 6.10 Å². The summed E-state index contributed by atoms with van der Waals surface area (Å²) in [5, 5.41) is 4.91. The first-order valence-electron chi connectivity index (χ1n) is 8.14. The summed E-state index contributed by atoms with van der Waals surface area (Å²) >= 11 is 0. The summed E-state index contributed by atoms with van der Waals surface area (Å²) in [6, 6.07) is 8.82. The number of rotatable bonds is 6. The molecule has 2 aromatic rings. The highest BCUT2D eigenvalue weighted by atomic mass is 16.5. The van der Waals surface area contributed by atoms with Crippen LogP contribution in [0.15, 0.2) is 28.7 Å². The van der Waals surface area contributed by atoms with Crippen molar-refractivity contribution in [1.82, 2.24) is 5.32 Å². The maximum atomic E-state index is 6.07. The first kappa shape index (κ1) is 14.6. The smallest absolute Gasteiger partial charge is 0.134 e. The van der Waals surface area contributed by atoms with Crippen LogP contribution < -0.4 is 5.32 Å². The van der Waals surface area contributed by atoms with Gasteiger partial charge in [-0.25, -0.2) is 0 Å². The van der Waals surface area contributed by atoms with E-state index in [1.54, 1.807) is 0 Å². The molecule has 3 heteroatoms. The monoisotopic (exact) mass is 287 g/mol. The van der Waals surface area contributed by atoms with Gasteiger partial charge in [0.1, 0.15) is 11.3 Å². The van der Waals surface area contributed by atoms with Crippen LogP contribution in [0.5, 0.6) is 0 Å². The van der Waals surface area contributed by atoms with Gasteiger partial charge in [-0.05, 0) is 25.8 Å². The fourth-order valence-electron chi connectivity index (χ4n) is 3.12. The van der Waals surface area contributed by atoms with Crippen LogP contribution >= 0.6 is 0 Å². The molecule has 0 bridgehead atoms. The van der Waals surface area contributed by atoms with Gasteiger partial charge in [-0.15, -0.1) is 0 Å². The van der Waals surface area contributed by atoms with Crippen LogP contribution in [0.3, 0.4) is 0 Å². The Kier molecular flexibility index (Phi) is 4.61. The fourth-order valence-corrected chi connectivity index (χ4v) is 3.12. The Morgan fingerprint density at radius 1 is 1.29 bits per heavy atom. The lowest BCUT2D eigenvalue weighted by atomic mass is 10.1. The number of nitrogens with one attached hydrogen (secondary N) is 1. The van der Waals surface area contributed by atoms with E-state index in [2.05, 4.69) is 37.4 Å². The summed E-state index contributed by atoms with van der Waals surface area (Å²) in [6.45, 7) is 6.11. The van der Waals surface area contributed by atoms with Gasteiger partial charge in [0.2, 0.25) is 0 Å². The number of fused-ring (bicyclic) bond motifs is 1. The molecule has 1 fully saturated rings. The van der Waals surface area contributed by atoms with Gasteiger partial charge in [-0.3, -0.25) is 0 Å². The molecule has 1 aromatic heterocycles. The van der Waals surface area contributed by atoms with Gasteiger partial charge < -0.3 is 14.5 Å². The topological polar surface area (TPSA) is 34.4 Å². The largest absolute Gasteiger partial charge is 0.461 e. The summed E-state index contributed by atoms with van der Waals surface area (Å²) in [7, 11) is 0. The Labute approximate surface area is 126 Å². The zero-order valence-electron chi connectivity index (χ0n) is 13.0. The minimum atomic E-state index is 0.308. The maximum absolute atomic E-state index is 6.07. The standard InChI is InChI=1S/C18H25NO2/c1-3-4-8-18-15(12-19-16-10-11-20-13(16)2)14-7-5-6-9-17(14)21-18/h5-7,9,13,16,19H,3-4,8,10-12H2,1-2H3. The van der Waals surface area contributed by atoms with Crippen molar-refractivity contribution in [1.29, 1.82) is 0 Å². The molecule has 1 aliphatic rings. The average Bonchev–Trinajstić information content (AvgIpc) is 3.06. The van der Waals surface area contributed by atoms with E-state index in [4.69, 9.17) is 9.15 Å². The second kappa shape index (κ2) is 6.63. The molecule has 21 heavy (non-hydrogen) atoms. The molecule has 3 nitrogen and oxygen atoms in total. The van der Waals surface area contributed by atoms with E-state index in [9.17, 15) is 0 Å². The minimum Gasteiger partial charge on any atom is -0.461 e. The third-order valence-electron chi connectivity index (χ3n) is 4.46. The van der Waals surface area contributed by atoms with Gasteiger partial charge in [0.15, 0.2) is 0 Å². The van der Waals surface area contributed by atoms with Crippen LogP contribution in [0.25, 0.3) is 11.0 Å². The molecule has 0 spiro atoms. The Hall–Kier alpha value is -1.32. The van der Waals surface area contributed by atoms with Crippen molar-refractivity contribution in [2.24, 2.45) is 0 Å². The van der Waals surface area contributed by atoms with E-state index in [0.717, 1.165) is 37.3 Å². The number of para-hydroxylation sites is 1.